The van der Waals surface area contributed by atoms with E-state index in [-0.39, 0.29) is 56.4 Å². The molecule has 9 rings (SSSR count). The second kappa shape index (κ2) is 16.4. The van der Waals surface area contributed by atoms with Crippen molar-refractivity contribution in [2.45, 2.75) is 87.5 Å². The minimum atomic E-state index is -4.81. The Hall–Kier alpha value is -5.09. The molecule has 14 nitrogen and oxygen atoms in total. The van der Waals surface area contributed by atoms with Crippen LogP contribution in [-0.4, -0.2) is 115 Å². The number of aromatic nitrogens is 2. The number of amides is 4. The van der Waals surface area contributed by atoms with Gasteiger partial charge in [-0.15, -0.1) is 0 Å². The molecule has 2 saturated carbocycles. The number of rotatable bonds is 13. The molecule has 0 unspecified atom stereocenters. The zero-order valence-corrected chi connectivity index (χ0v) is 35.2. The van der Waals surface area contributed by atoms with E-state index in [1.54, 1.807) is 0 Å². The van der Waals surface area contributed by atoms with Crippen LogP contribution in [0.15, 0.2) is 65.8 Å². The third-order valence-electron chi connectivity index (χ3n) is 13.4. The number of alkyl halides is 6. The molecule has 5 heterocycles. The number of likely N-dealkylation sites (tertiary alicyclic amines) is 2. The van der Waals surface area contributed by atoms with E-state index in [2.05, 4.69) is 10.4 Å². The molecule has 0 radical (unpaired) electrons. The summed E-state index contributed by atoms with van der Waals surface area (Å²) in [5.41, 5.74) is -4.60. The Bertz CT molecular complexity index is 2380. The minimum absolute atomic E-state index is 0.00629. The number of hydrogen-bond acceptors (Lipinski definition) is 9. The van der Waals surface area contributed by atoms with Crippen LogP contribution in [-0.2, 0) is 46.6 Å². The van der Waals surface area contributed by atoms with E-state index in [9.17, 15) is 58.3 Å². The third-order valence-corrected chi connectivity index (χ3v) is 14.8. The molecular formula is C42H45F7N6O8S. The fourth-order valence-corrected chi connectivity index (χ4v) is 10.4. The van der Waals surface area contributed by atoms with Gasteiger partial charge >= 0.3 is 12.4 Å². The summed E-state index contributed by atoms with van der Waals surface area (Å²) in [6.07, 6.45) is -5.45. The van der Waals surface area contributed by atoms with Crippen molar-refractivity contribution in [1.29, 1.82) is 0 Å². The Balaban J connectivity index is 1.03. The number of benzene rings is 2. The Kier molecular flexibility index (Phi) is 11.7. The summed E-state index contributed by atoms with van der Waals surface area (Å²) in [5, 5.41) is 6.77. The number of nitrogens with one attached hydrogen (secondary N) is 2. The van der Waals surface area contributed by atoms with Crippen LogP contribution < -0.4 is 10.0 Å². The van der Waals surface area contributed by atoms with E-state index in [0.717, 1.165) is 67.0 Å². The molecule has 2 bridgehead atoms. The monoisotopic (exact) mass is 926 g/mol. The zero-order chi connectivity index (χ0) is 46.0. The first kappa shape index (κ1) is 45.5. The molecule has 3 atom stereocenters. The summed E-state index contributed by atoms with van der Waals surface area (Å²) in [4.78, 5) is 57.7. The number of sulfonamides is 1. The normalized spacial score (nSPS) is 24.5. The maximum absolute atomic E-state index is 14.6. The zero-order valence-electron chi connectivity index (χ0n) is 34.4. The summed E-state index contributed by atoms with van der Waals surface area (Å²) in [7, 11) is -4.62. The SMILES string of the molecule is C[C@@H](OCC12CCC(CC1)OC2)[C@H](NC(=O)[C@@H]1CN(C(=O)c2cnn(Cc3ccc(C(F)(F)F)cc3)c2)CC12CN(C(=O)C1(C(F)(F)F)CC1)C2)C(=O)NS(=O)(=O)c1ccc(F)cc1. The number of nitrogens with zero attached hydrogens (tertiary/aromatic N) is 4. The van der Waals surface area contributed by atoms with Crippen LogP contribution in [0.3, 0.4) is 0 Å². The molecule has 22 heteroatoms. The minimum Gasteiger partial charge on any atom is -0.378 e. The van der Waals surface area contributed by atoms with Gasteiger partial charge in [0.2, 0.25) is 11.8 Å². The van der Waals surface area contributed by atoms with Crippen LogP contribution in [0.1, 0.15) is 66.9 Å². The van der Waals surface area contributed by atoms with Crippen LogP contribution in [0.25, 0.3) is 0 Å². The van der Waals surface area contributed by atoms with Crippen molar-refractivity contribution in [3.05, 3.63) is 83.4 Å². The number of ether oxygens (including phenoxy) is 2. The molecule has 6 fully saturated rings. The first-order valence-electron chi connectivity index (χ1n) is 20.7. The predicted octanol–water partition coefficient (Wildman–Crippen LogP) is 4.69. The highest BCUT2D eigenvalue weighted by Crippen LogP contribution is 2.60. The maximum Gasteiger partial charge on any atom is 0.416 e. The number of halogens is 7. The molecule has 1 aromatic heterocycles. The van der Waals surface area contributed by atoms with E-state index >= 15 is 0 Å². The van der Waals surface area contributed by atoms with Gasteiger partial charge in [0.25, 0.3) is 21.8 Å². The Morgan fingerprint density at radius 1 is 0.922 bits per heavy atom. The summed E-state index contributed by atoms with van der Waals surface area (Å²) < 4.78 is 137. The van der Waals surface area contributed by atoms with E-state index in [1.165, 1.54) is 41.0 Å². The van der Waals surface area contributed by atoms with Crippen molar-refractivity contribution in [3.8, 4) is 0 Å². The van der Waals surface area contributed by atoms with E-state index in [4.69, 9.17) is 9.47 Å². The molecule has 4 saturated heterocycles. The molecule has 1 spiro atoms. The predicted molar refractivity (Wildman–Crippen MR) is 209 cm³/mol. The van der Waals surface area contributed by atoms with Crippen molar-refractivity contribution in [2.75, 3.05) is 39.4 Å². The van der Waals surface area contributed by atoms with Gasteiger partial charge in [-0.2, -0.15) is 31.4 Å². The average molecular weight is 927 g/mol. The fraction of sp³-hybridized carbons (Fsp3) is 0.548. The highest BCUT2D eigenvalue weighted by atomic mass is 32.2. The van der Waals surface area contributed by atoms with Gasteiger partial charge in [0.1, 0.15) is 17.3 Å². The Morgan fingerprint density at radius 3 is 2.14 bits per heavy atom. The van der Waals surface area contributed by atoms with Gasteiger partial charge in [-0.1, -0.05) is 12.1 Å². The quantitative estimate of drug-likeness (QED) is 0.231. The average Bonchev–Trinajstić information content (AvgIpc) is 3.78. The molecule has 346 valence electrons. The molecule has 4 amide bonds. The Labute approximate surface area is 362 Å². The summed E-state index contributed by atoms with van der Waals surface area (Å²) in [6.45, 7) is 0.731. The van der Waals surface area contributed by atoms with E-state index < -0.39 is 104 Å². The van der Waals surface area contributed by atoms with Crippen LogP contribution >= 0.6 is 0 Å². The van der Waals surface area contributed by atoms with Crippen LogP contribution in [0.4, 0.5) is 30.7 Å². The number of carbonyl (C=O) groups is 4. The molecule has 2 aromatic carbocycles. The second-order valence-electron chi connectivity index (χ2n) is 17.9. The highest BCUT2D eigenvalue weighted by Gasteiger charge is 2.71. The lowest BCUT2D eigenvalue weighted by Crippen LogP contribution is -2.67. The van der Waals surface area contributed by atoms with Gasteiger partial charge in [-0.25, -0.2) is 17.5 Å². The van der Waals surface area contributed by atoms with Crippen LogP contribution in [0, 0.1) is 28.0 Å². The van der Waals surface area contributed by atoms with Gasteiger partial charge in [-0.3, -0.25) is 23.9 Å². The number of carbonyl (C=O) groups excluding carboxylic acids is 4. The van der Waals surface area contributed by atoms with Gasteiger partial charge in [0.05, 0.1) is 60.1 Å². The molecule has 64 heavy (non-hydrogen) atoms. The lowest BCUT2D eigenvalue weighted by molar-refractivity contribution is -0.205. The van der Waals surface area contributed by atoms with Crippen LogP contribution in [0.2, 0.25) is 0 Å². The molecule has 2 N–H and O–H groups in total. The topological polar surface area (TPSA) is 169 Å². The van der Waals surface area contributed by atoms with Crippen molar-refractivity contribution in [2.24, 2.45) is 22.2 Å². The largest absolute Gasteiger partial charge is 0.416 e. The van der Waals surface area contributed by atoms with Gasteiger partial charge in [-0.05, 0) is 87.4 Å². The second-order valence-corrected chi connectivity index (χ2v) is 19.6. The first-order valence-corrected chi connectivity index (χ1v) is 22.2. The van der Waals surface area contributed by atoms with E-state index in [1.807, 2.05) is 4.72 Å². The highest BCUT2D eigenvalue weighted by molar-refractivity contribution is 7.90. The molecule has 4 aliphatic heterocycles. The summed E-state index contributed by atoms with van der Waals surface area (Å²) >= 11 is 0. The summed E-state index contributed by atoms with van der Waals surface area (Å²) in [5.74, 6) is -5.84. The summed E-state index contributed by atoms with van der Waals surface area (Å²) in [6, 6.07) is 6.30. The number of fused-ring (bicyclic) bond motifs is 3. The molecule has 6 aliphatic rings. The lowest BCUT2D eigenvalue weighted by atomic mass is 9.70. The standard InChI is InChI=1S/C42H45F7N6O8S/c1-25(62-23-38-12-10-30(11-13-38)63-24-38)33(35(57)52-64(60,61)31-8-6-29(43)7-9-31)51-34(56)32-19-53(20-39(32)21-54(22-39)37(59)40(14-15-40)42(47,48)49)36(58)27-16-50-55(18-27)17-26-2-4-28(5-3-26)41(44,45)46/h2-9,16,18,25,30,32-33H,10-15,17,19-24H2,1H3,(H,51,56)(H,52,57)/t25-,30?,32+,33+,38?/m1/s1. The maximum atomic E-state index is 14.6. The van der Waals surface area contributed by atoms with E-state index in [0.29, 0.717) is 12.2 Å². The molecule has 3 aromatic rings. The van der Waals surface area contributed by atoms with Gasteiger partial charge in [0, 0.05) is 43.2 Å². The number of hydrogen-bond donors (Lipinski definition) is 2. The molecule has 2 aliphatic carbocycles. The van der Waals surface area contributed by atoms with Crippen molar-refractivity contribution in [1.82, 2.24) is 29.6 Å². The smallest absolute Gasteiger partial charge is 0.378 e. The van der Waals surface area contributed by atoms with Gasteiger partial charge < -0.3 is 24.6 Å². The molecular weight excluding hydrogens is 882 g/mol. The van der Waals surface area contributed by atoms with Crippen molar-refractivity contribution >= 4 is 33.7 Å². The van der Waals surface area contributed by atoms with Gasteiger partial charge in [0.15, 0.2) is 0 Å². The fourth-order valence-electron chi connectivity index (χ4n) is 9.36. The van der Waals surface area contributed by atoms with Crippen LogP contribution in [0.5, 0.6) is 0 Å². The van der Waals surface area contributed by atoms with Crippen molar-refractivity contribution < 1.29 is 67.8 Å². The van der Waals surface area contributed by atoms with Crippen molar-refractivity contribution in [3.63, 3.8) is 0 Å². The first-order chi connectivity index (χ1) is 30.0. The lowest BCUT2D eigenvalue weighted by Gasteiger charge is -2.51. The third kappa shape index (κ3) is 8.83. The Morgan fingerprint density at radius 2 is 1.56 bits per heavy atom.